The predicted octanol–water partition coefficient (Wildman–Crippen LogP) is 4.84. The maximum atomic E-state index is 13.3. The van der Waals surface area contributed by atoms with Gasteiger partial charge in [-0.3, -0.25) is 0 Å². The van der Waals surface area contributed by atoms with E-state index in [0.29, 0.717) is 11.6 Å². The molecule has 1 aromatic carbocycles. The van der Waals surface area contributed by atoms with Gasteiger partial charge in [0.1, 0.15) is 11.6 Å². The molecule has 3 rings (SSSR count). The molecule has 19 heavy (non-hydrogen) atoms. The average Bonchev–Trinajstić information content (AvgIpc) is 2.91. The summed E-state index contributed by atoms with van der Waals surface area (Å²) in [5.74, 6) is 1.36. The molecular weight excluding hydrogens is 263 g/mol. The number of hydrogen-bond donors (Lipinski definition) is 0. The minimum Gasteiger partial charge on any atom is -0.324 e. The van der Waals surface area contributed by atoms with E-state index >= 15 is 0 Å². The number of hydrogen-bond acceptors (Lipinski definition) is 1. The molecule has 0 saturated heterocycles. The first-order chi connectivity index (χ1) is 9.06. The summed E-state index contributed by atoms with van der Waals surface area (Å²) in [5, 5.41) is -0.161. The Kier molecular flexibility index (Phi) is 3.25. The zero-order valence-electron chi connectivity index (χ0n) is 11.2. The van der Waals surface area contributed by atoms with Crippen molar-refractivity contribution in [1.82, 2.24) is 9.55 Å². The number of halogens is 2. The summed E-state index contributed by atoms with van der Waals surface area (Å²) in [6, 6.07) is 5.26. The van der Waals surface area contributed by atoms with Gasteiger partial charge in [0.15, 0.2) is 0 Å². The van der Waals surface area contributed by atoms with Gasteiger partial charge in [-0.05, 0) is 44.2 Å². The Hall–Kier alpha value is -1.09. The van der Waals surface area contributed by atoms with Gasteiger partial charge < -0.3 is 4.57 Å². The summed E-state index contributed by atoms with van der Waals surface area (Å²) in [4.78, 5) is 4.53. The van der Waals surface area contributed by atoms with Crippen LogP contribution < -0.4 is 0 Å². The maximum Gasteiger partial charge on any atom is 0.127 e. The standard InChI is InChI=1S/C15H18ClFN2/c1-9-3-5-12(7-9)19-14-6-4-11(17)8-13(14)18-15(19)10(2)16/h4,6,8-10,12H,3,5,7H2,1-2H3. The van der Waals surface area contributed by atoms with Crippen LogP contribution in [0.5, 0.6) is 0 Å². The van der Waals surface area contributed by atoms with E-state index in [-0.39, 0.29) is 11.2 Å². The van der Waals surface area contributed by atoms with Crippen LogP contribution in [0.2, 0.25) is 0 Å². The number of alkyl halides is 1. The lowest BCUT2D eigenvalue weighted by molar-refractivity contribution is 0.488. The molecule has 1 saturated carbocycles. The van der Waals surface area contributed by atoms with Crippen LogP contribution in [0.3, 0.4) is 0 Å². The normalized spacial score (nSPS) is 25.1. The number of fused-ring (bicyclic) bond motifs is 1. The minimum atomic E-state index is -0.245. The fourth-order valence-electron chi connectivity index (χ4n) is 3.17. The van der Waals surface area contributed by atoms with Gasteiger partial charge in [-0.2, -0.15) is 0 Å². The monoisotopic (exact) mass is 280 g/mol. The second kappa shape index (κ2) is 4.78. The van der Waals surface area contributed by atoms with Crippen LogP contribution in [0.15, 0.2) is 18.2 Å². The van der Waals surface area contributed by atoms with Crippen molar-refractivity contribution in [2.45, 2.75) is 44.5 Å². The van der Waals surface area contributed by atoms with Gasteiger partial charge in [0.2, 0.25) is 0 Å². The molecule has 4 heteroatoms. The van der Waals surface area contributed by atoms with E-state index in [2.05, 4.69) is 16.5 Å². The smallest absolute Gasteiger partial charge is 0.127 e. The quantitative estimate of drug-likeness (QED) is 0.720. The van der Waals surface area contributed by atoms with E-state index in [4.69, 9.17) is 11.6 Å². The van der Waals surface area contributed by atoms with Crippen LogP contribution in [0.4, 0.5) is 4.39 Å². The largest absolute Gasteiger partial charge is 0.324 e. The summed E-state index contributed by atoms with van der Waals surface area (Å²) >= 11 is 6.26. The minimum absolute atomic E-state index is 0.161. The zero-order valence-corrected chi connectivity index (χ0v) is 12.0. The van der Waals surface area contributed by atoms with Crippen molar-refractivity contribution in [3.05, 3.63) is 29.8 Å². The van der Waals surface area contributed by atoms with Gasteiger partial charge in [-0.15, -0.1) is 11.6 Å². The lowest BCUT2D eigenvalue weighted by Gasteiger charge is -2.17. The van der Waals surface area contributed by atoms with Crippen LogP contribution in [0.25, 0.3) is 11.0 Å². The Balaban J connectivity index is 2.16. The molecule has 0 N–H and O–H groups in total. The lowest BCUT2D eigenvalue weighted by atomic mass is 10.1. The number of rotatable bonds is 2. The summed E-state index contributed by atoms with van der Waals surface area (Å²) in [6.07, 6.45) is 3.54. The lowest BCUT2D eigenvalue weighted by Crippen LogP contribution is -2.10. The van der Waals surface area contributed by atoms with Crippen molar-refractivity contribution in [2.24, 2.45) is 5.92 Å². The average molecular weight is 281 g/mol. The van der Waals surface area contributed by atoms with Crippen molar-refractivity contribution < 1.29 is 4.39 Å². The van der Waals surface area contributed by atoms with Gasteiger partial charge in [-0.1, -0.05) is 6.92 Å². The first kappa shape index (κ1) is 12.9. The Morgan fingerprint density at radius 2 is 2.21 bits per heavy atom. The highest BCUT2D eigenvalue weighted by atomic mass is 35.5. The van der Waals surface area contributed by atoms with Crippen LogP contribution in [0.1, 0.15) is 50.4 Å². The Bertz CT molecular complexity index is 605. The summed E-state index contributed by atoms with van der Waals surface area (Å²) in [7, 11) is 0. The van der Waals surface area contributed by atoms with E-state index in [1.54, 1.807) is 0 Å². The van der Waals surface area contributed by atoms with E-state index in [1.807, 2.05) is 13.0 Å². The molecule has 0 amide bonds. The van der Waals surface area contributed by atoms with Crippen LogP contribution in [0, 0.1) is 11.7 Å². The molecule has 102 valence electrons. The van der Waals surface area contributed by atoms with Crippen molar-refractivity contribution in [3.8, 4) is 0 Å². The van der Waals surface area contributed by atoms with Crippen LogP contribution in [-0.2, 0) is 0 Å². The molecule has 2 nitrogen and oxygen atoms in total. The topological polar surface area (TPSA) is 17.8 Å². The van der Waals surface area contributed by atoms with Crippen molar-refractivity contribution >= 4 is 22.6 Å². The molecule has 0 aliphatic heterocycles. The van der Waals surface area contributed by atoms with Gasteiger partial charge in [0, 0.05) is 12.1 Å². The molecule has 3 atom stereocenters. The van der Waals surface area contributed by atoms with Crippen molar-refractivity contribution in [2.75, 3.05) is 0 Å². The van der Waals surface area contributed by atoms with E-state index in [9.17, 15) is 4.39 Å². The maximum absolute atomic E-state index is 13.3. The van der Waals surface area contributed by atoms with Gasteiger partial charge in [0.05, 0.1) is 16.4 Å². The van der Waals surface area contributed by atoms with Gasteiger partial charge >= 0.3 is 0 Å². The summed E-state index contributed by atoms with van der Waals surface area (Å²) in [5.41, 5.74) is 1.71. The SMILES string of the molecule is CC1CCC(n2c(C(C)Cl)nc3cc(F)ccc32)C1. The van der Waals surface area contributed by atoms with Crippen molar-refractivity contribution in [3.63, 3.8) is 0 Å². The van der Waals surface area contributed by atoms with Gasteiger partial charge in [-0.25, -0.2) is 9.37 Å². The second-order valence-electron chi connectivity index (χ2n) is 5.66. The number of benzene rings is 1. The zero-order chi connectivity index (χ0) is 13.6. The third-order valence-electron chi connectivity index (χ3n) is 4.07. The third-order valence-corrected chi connectivity index (χ3v) is 4.26. The number of nitrogens with zero attached hydrogens (tertiary/aromatic N) is 2. The molecular formula is C15H18ClFN2. The highest BCUT2D eigenvalue weighted by molar-refractivity contribution is 6.20. The Labute approximate surface area is 117 Å². The predicted molar refractivity (Wildman–Crippen MR) is 76.0 cm³/mol. The fraction of sp³-hybridized carbons (Fsp3) is 0.533. The molecule has 3 unspecified atom stereocenters. The number of imidazole rings is 1. The van der Waals surface area contributed by atoms with E-state index in [0.717, 1.165) is 30.1 Å². The molecule has 1 aliphatic rings. The molecule has 0 spiro atoms. The van der Waals surface area contributed by atoms with E-state index in [1.165, 1.54) is 18.6 Å². The first-order valence-corrected chi connectivity index (χ1v) is 7.31. The summed E-state index contributed by atoms with van der Waals surface area (Å²) < 4.78 is 15.6. The van der Waals surface area contributed by atoms with Crippen LogP contribution in [-0.4, -0.2) is 9.55 Å². The molecule has 1 fully saturated rings. The molecule has 1 aliphatic carbocycles. The van der Waals surface area contributed by atoms with Crippen molar-refractivity contribution in [1.29, 1.82) is 0 Å². The molecule has 1 heterocycles. The molecule has 2 aromatic rings. The highest BCUT2D eigenvalue weighted by Gasteiger charge is 2.27. The molecule has 1 aromatic heterocycles. The summed E-state index contributed by atoms with van der Waals surface area (Å²) in [6.45, 7) is 4.20. The molecule has 0 radical (unpaired) electrons. The molecule has 0 bridgehead atoms. The second-order valence-corrected chi connectivity index (χ2v) is 6.32. The fourth-order valence-corrected chi connectivity index (χ4v) is 3.32. The van der Waals surface area contributed by atoms with Gasteiger partial charge in [0.25, 0.3) is 0 Å². The highest BCUT2D eigenvalue weighted by Crippen LogP contribution is 2.39. The van der Waals surface area contributed by atoms with Crippen LogP contribution >= 0.6 is 11.6 Å². The first-order valence-electron chi connectivity index (χ1n) is 6.87. The third kappa shape index (κ3) is 2.25. The Morgan fingerprint density at radius 3 is 2.84 bits per heavy atom. The van der Waals surface area contributed by atoms with E-state index < -0.39 is 0 Å². The Morgan fingerprint density at radius 1 is 1.42 bits per heavy atom. The number of aromatic nitrogens is 2.